The van der Waals surface area contributed by atoms with Gasteiger partial charge in [0, 0.05) is 17.2 Å². The predicted octanol–water partition coefficient (Wildman–Crippen LogP) is 6.57. The molecule has 1 nitrogen and oxygen atoms in total. The molecule has 0 bridgehead atoms. The Bertz CT molecular complexity index is 547. The van der Waals surface area contributed by atoms with Crippen molar-refractivity contribution in [2.24, 2.45) is 17.8 Å². The highest BCUT2D eigenvalue weighted by Gasteiger charge is 2.22. The average Bonchev–Trinajstić information content (AvgIpc) is 2.59. The number of hydrogen-bond acceptors (Lipinski definition) is 2. The summed E-state index contributed by atoms with van der Waals surface area (Å²) in [7, 11) is 0. The molecule has 1 aromatic rings. The summed E-state index contributed by atoms with van der Waals surface area (Å²) in [5, 5.41) is 3.62. The molecule has 0 saturated carbocycles. The van der Waals surface area contributed by atoms with Gasteiger partial charge in [0.1, 0.15) is 0 Å². The summed E-state index contributed by atoms with van der Waals surface area (Å²) in [6, 6.07) is 6.79. The van der Waals surface area contributed by atoms with Crippen LogP contribution in [0.25, 0.3) is 0 Å². The maximum absolute atomic E-state index is 3.74. The van der Waals surface area contributed by atoms with Crippen molar-refractivity contribution in [3.05, 3.63) is 48.6 Å². The van der Waals surface area contributed by atoms with Crippen molar-refractivity contribution in [2.75, 3.05) is 17.6 Å². The highest BCUT2D eigenvalue weighted by atomic mass is 32.2. The summed E-state index contributed by atoms with van der Waals surface area (Å²) in [4.78, 5) is 1.44. The minimum atomic E-state index is 0.725. The lowest BCUT2D eigenvalue weighted by molar-refractivity contribution is 0.289. The summed E-state index contributed by atoms with van der Waals surface area (Å²) in [5.74, 6) is 3.44. The number of hydrogen-bond donors (Lipinski definition) is 1. The van der Waals surface area contributed by atoms with Gasteiger partial charge in [-0.25, -0.2) is 0 Å². The van der Waals surface area contributed by atoms with Gasteiger partial charge in [-0.1, -0.05) is 57.7 Å². The van der Waals surface area contributed by atoms with Gasteiger partial charge in [-0.3, -0.25) is 0 Å². The van der Waals surface area contributed by atoms with Gasteiger partial charge in [0.25, 0.3) is 0 Å². The molecule has 0 amide bonds. The molecule has 0 aliphatic carbocycles. The van der Waals surface area contributed by atoms with Crippen molar-refractivity contribution in [3.8, 4) is 0 Å². The van der Waals surface area contributed by atoms with Crippen LogP contribution in [0, 0.1) is 17.8 Å². The lowest BCUT2D eigenvalue weighted by Crippen LogP contribution is -2.20. The third kappa shape index (κ3) is 5.44. The molecule has 2 heteroatoms. The molecule has 24 heavy (non-hydrogen) atoms. The number of nitrogens with one attached hydrogen (secondary N) is 1. The van der Waals surface area contributed by atoms with Crippen molar-refractivity contribution in [1.29, 1.82) is 0 Å². The summed E-state index contributed by atoms with van der Waals surface area (Å²) in [6.07, 6.45) is 11.1. The molecule has 1 aliphatic heterocycles. The summed E-state index contributed by atoms with van der Waals surface area (Å²) in [6.45, 7) is 12.0. The van der Waals surface area contributed by atoms with Crippen LogP contribution >= 0.6 is 11.8 Å². The van der Waals surface area contributed by atoms with E-state index in [1.54, 1.807) is 0 Å². The van der Waals surface area contributed by atoms with Crippen molar-refractivity contribution < 1.29 is 0 Å². The standard InChI is InChI=1S/C22H33NS/c1-5-6-7-8-11-18(4)20(17(2)3)16-24-21-14-9-12-19-13-10-15-23-22(19)21/h5-7,9,12,14,17-18,20,23H,1,8,10-11,13,15-16H2,2-4H3. The first-order valence-electron chi connectivity index (χ1n) is 9.39. The SMILES string of the molecule is C=CC=CCCC(C)C(CSc1cccc2c1NCCC2)C(C)C. The predicted molar refractivity (Wildman–Crippen MR) is 110 cm³/mol. The minimum absolute atomic E-state index is 0.725. The van der Waals surface area contributed by atoms with Gasteiger partial charge in [0.2, 0.25) is 0 Å². The number of allylic oxidation sites excluding steroid dienone is 3. The van der Waals surface area contributed by atoms with Gasteiger partial charge < -0.3 is 5.32 Å². The maximum Gasteiger partial charge on any atom is 0.0510 e. The van der Waals surface area contributed by atoms with E-state index in [0.29, 0.717) is 0 Å². The zero-order valence-corrected chi connectivity index (χ0v) is 16.4. The smallest absolute Gasteiger partial charge is 0.0510 e. The van der Waals surface area contributed by atoms with Gasteiger partial charge in [0.15, 0.2) is 0 Å². The number of fused-ring (bicyclic) bond motifs is 1. The first-order chi connectivity index (χ1) is 11.6. The van der Waals surface area contributed by atoms with E-state index in [-0.39, 0.29) is 0 Å². The first-order valence-corrected chi connectivity index (χ1v) is 10.4. The highest BCUT2D eigenvalue weighted by Crippen LogP contribution is 2.37. The van der Waals surface area contributed by atoms with E-state index in [1.807, 2.05) is 17.8 Å². The number of thioether (sulfide) groups is 1. The van der Waals surface area contributed by atoms with E-state index in [4.69, 9.17) is 0 Å². The molecule has 0 radical (unpaired) electrons. The second-order valence-electron chi connectivity index (χ2n) is 7.26. The maximum atomic E-state index is 3.74. The van der Waals surface area contributed by atoms with Crippen LogP contribution in [0.1, 0.15) is 45.6 Å². The van der Waals surface area contributed by atoms with Crippen LogP contribution in [0.2, 0.25) is 0 Å². The third-order valence-electron chi connectivity index (χ3n) is 5.12. The highest BCUT2D eigenvalue weighted by molar-refractivity contribution is 7.99. The van der Waals surface area contributed by atoms with Crippen LogP contribution in [0.3, 0.4) is 0 Å². The van der Waals surface area contributed by atoms with Gasteiger partial charge in [-0.2, -0.15) is 0 Å². The summed E-state index contributed by atoms with van der Waals surface area (Å²) in [5.41, 5.74) is 2.90. The largest absolute Gasteiger partial charge is 0.384 e. The summed E-state index contributed by atoms with van der Waals surface area (Å²) < 4.78 is 0. The van der Waals surface area contributed by atoms with Gasteiger partial charge in [0.05, 0.1) is 5.69 Å². The number of para-hydroxylation sites is 1. The molecule has 0 fully saturated rings. The molecule has 0 spiro atoms. The van der Waals surface area contributed by atoms with E-state index in [2.05, 4.69) is 63.0 Å². The van der Waals surface area contributed by atoms with E-state index < -0.39 is 0 Å². The monoisotopic (exact) mass is 343 g/mol. The fourth-order valence-electron chi connectivity index (χ4n) is 3.56. The van der Waals surface area contributed by atoms with Gasteiger partial charge in [-0.15, -0.1) is 11.8 Å². The topological polar surface area (TPSA) is 12.0 Å². The van der Waals surface area contributed by atoms with Crippen molar-refractivity contribution in [2.45, 2.75) is 51.3 Å². The molecule has 1 heterocycles. The van der Waals surface area contributed by atoms with Crippen molar-refractivity contribution in [1.82, 2.24) is 0 Å². The fraction of sp³-hybridized carbons (Fsp3) is 0.545. The molecule has 0 saturated heterocycles. The van der Waals surface area contributed by atoms with E-state index in [1.165, 1.54) is 41.2 Å². The van der Waals surface area contributed by atoms with Crippen LogP contribution in [0.15, 0.2) is 47.9 Å². The van der Waals surface area contributed by atoms with E-state index in [9.17, 15) is 0 Å². The Kier molecular flexibility index (Phi) is 7.98. The van der Waals surface area contributed by atoms with Crippen LogP contribution in [-0.4, -0.2) is 12.3 Å². The molecule has 132 valence electrons. The molecule has 2 unspecified atom stereocenters. The Morgan fingerprint density at radius 1 is 1.29 bits per heavy atom. The lowest BCUT2D eigenvalue weighted by Gasteiger charge is -2.28. The zero-order chi connectivity index (χ0) is 17.4. The molecular weight excluding hydrogens is 310 g/mol. The number of aryl methyl sites for hydroxylation is 1. The van der Waals surface area contributed by atoms with E-state index >= 15 is 0 Å². The van der Waals surface area contributed by atoms with Crippen LogP contribution in [-0.2, 0) is 6.42 Å². The number of benzene rings is 1. The quantitative estimate of drug-likeness (QED) is 0.402. The molecule has 2 rings (SSSR count). The Labute approximate surface area is 153 Å². The molecule has 1 N–H and O–H groups in total. The Balaban J connectivity index is 1.96. The number of rotatable bonds is 9. The van der Waals surface area contributed by atoms with Crippen LogP contribution in [0.5, 0.6) is 0 Å². The second-order valence-corrected chi connectivity index (χ2v) is 8.32. The minimum Gasteiger partial charge on any atom is -0.384 e. The Morgan fingerprint density at radius 2 is 2.12 bits per heavy atom. The lowest BCUT2D eigenvalue weighted by atomic mass is 9.83. The van der Waals surface area contributed by atoms with Crippen LogP contribution in [0.4, 0.5) is 5.69 Å². The van der Waals surface area contributed by atoms with Gasteiger partial charge >= 0.3 is 0 Å². The fourth-order valence-corrected chi connectivity index (χ4v) is 5.17. The Morgan fingerprint density at radius 3 is 2.88 bits per heavy atom. The zero-order valence-electron chi connectivity index (χ0n) is 15.6. The van der Waals surface area contributed by atoms with E-state index in [0.717, 1.165) is 30.7 Å². The molecule has 2 atom stereocenters. The summed E-state index contributed by atoms with van der Waals surface area (Å²) >= 11 is 2.05. The molecule has 0 aromatic heterocycles. The third-order valence-corrected chi connectivity index (χ3v) is 6.32. The Hall–Kier alpha value is -1.15. The van der Waals surface area contributed by atoms with Crippen LogP contribution < -0.4 is 5.32 Å². The second kappa shape index (κ2) is 9.98. The van der Waals surface area contributed by atoms with Crippen molar-refractivity contribution in [3.63, 3.8) is 0 Å². The molecule has 1 aromatic carbocycles. The first kappa shape index (κ1) is 19.2. The van der Waals surface area contributed by atoms with Gasteiger partial charge in [-0.05, 0) is 55.1 Å². The molecule has 1 aliphatic rings. The molecular formula is C22H33NS. The number of anilines is 1. The normalized spacial score (nSPS) is 16.7. The average molecular weight is 344 g/mol. The van der Waals surface area contributed by atoms with Crippen molar-refractivity contribution >= 4 is 17.4 Å².